The Balaban J connectivity index is 2.32. The summed E-state index contributed by atoms with van der Waals surface area (Å²) in [6.45, 7) is 1.68. The number of alkyl halides is 3. The van der Waals surface area contributed by atoms with Crippen LogP contribution >= 0.6 is 11.6 Å². The molecule has 0 spiro atoms. The smallest absolute Gasteiger partial charge is 0.487 e. The molecule has 2 aromatic rings. The van der Waals surface area contributed by atoms with Gasteiger partial charge in [-0.2, -0.15) is 0 Å². The van der Waals surface area contributed by atoms with Gasteiger partial charge in [0.15, 0.2) is 0 Å². The number of ether oxygens (including phenoxy) is 2. The fourth-order valence-electron chi connectivity index (χ4n) is 2.12. The van der Waals surface area contributed by atoms with Crippen LogP contribution in [0.15, 0.2) is 36.4 Å². The Hall–Kier alpha value is -2.12. The summed E-state index contributed by atoms with van der Waals surface area (Å²) in [5, 5.41) is 1.56. The van der Waals surface area contributed by atoms with Gasteiger partial charge in [-0.05, 0) is 36.8 Å². The van der Waals surface area contributed by atoms with Crippen LogP contribution in [0.2, 0.25) is 5.02 Å². The number of hydrogen-bond donors (Lipinski definition) is 1. The van der Waals surface area contributed by atoms with Gasteiger partial charge < -0.3 is 14.5 Å². The number of hydrogen-bond acceptors (Lipinski definition) is 4. The molecule has 0 heterocycles. The molecule has 2 N–H and O–H groups in total. The van der Waals surface area contributed by atoms with Gasteiger partial charge in [0, 0.05) is 7.05 Å². The minimum absolute atomic E-state index is 0.163. The summed E-state index contributed by atoms with van der Waals surface area (Å²) in [6, 6.07) is 9.33. The van der Waals surface area contributed by atoms with E-state index in [0.717, 1.165) is 5.56 Å². The molecule has 8 heteroatoms. The third kappa shape index (κ3) is 4.69. The Labute approximate surface area is 142 Å². The predicted molar refractivity (Wildman–Crippen MR) is 86.2 cm³/mol. The Kier molecular flexibility index (Phi) is 5.46. The summed E-state index contributed by atoms with van der Waals surface area (Å²) >= 11 is 6.07. The van der Waals surface area contributed by atoms with Gasteiger partial charge in [-0.1, -0.05) is 23.7 Å². The van der Waals surface area contributed by atoms with Gasteiger partial charge >= 0.3 is 6.36 Å². The topological polar surface area (TPSA) is 47.7 Å². The lowest BCUT2D eigenvalue weighted by molar-refractivity contribution is -0.275. The first-order valence-electron chi connectivity index (χ1n) is 6.92. The molecule has 0 aromatic heterocycles. The second-order valence-electron chi connectivity index (χ2n) is 5.14. The van der Waals surface area contributed by atoms with Crippen LogP contribution in [0.1, 0.15) is 11.1 Å². The number of nitrogens with two attached hydrogens (primary N) is 1. The first-order valence-corrected chi connectivity index (χ1v) is 7.30. The van der Waals surface area contributed by atoms with Crippen molar-refractivity contribution in [1.29, 1.82) is 0 Å². The summed E-state index contributed by atoms with van der Waals surface area (Å²) < 4.78 is 47.4. The minimum Gasteiger partial charge on any atom is -0.487 e. The second kappa shape index (κ2) is 7.19. The van der Waals surface area contributed by atoms with Crippen LogP contribution in [0.4, 0.5) is 18.9 Å². The molecule has 4 nitrogen and oxygen atoms in total. The molecule has 0 amide bonds. The van der Waals surface area contributed by atoms with Crippen LogP contribution in [0.5, 0.6) is 11.5 Å². The molecule has 0 aliphatic carbocycles. The second-order valence-corrected chi connectivity index (χ2v) is 5.54. The summed E-state index contributed by atoms with van der Waals surface area (Å²) in [5.41, 5.74) is 1.45. The fraction of sp³-hybridized carbons (Fsp3) is 0.250. The zero-order valence-electron chi connectivity index (χ0n) is 13.0. The maximum absolute atomic E-state index is 12.6. The Morgan fingerprint density at radius 3 is 2.46 bits per heavy atom. The van der Waals surface area contributed by atoms with Crippen LogP contribution in [0.25, 0.3) is 0 Å². The first kappa shape index (κ1) is 18.2. The zero-order valence-corrected chi connectivity index (χ0v) is 13.8. The first-order chi connectivity index (χ1) is 11.2. The molecule has 0 aliphatic heterocycles. The molecule has 0 atom stereocenters. The van der Waals surface area contributed by atoms with Gasteiger partial charge in [0.05, 0.1) is 16.3 Å². The third-order valence-corrected chi connectivity index (χ3v) is 3.47. The van der Waals surface area contributed by atoms with Crippen molar-refractivity contribution in [3.8, 4) is 11.5 Å². The maximum atomic E-state index is 12.6. The Morgan fingerprint density at radius 1 is 1.17 bits per heavy atom. The normalized spacial score (nSPS) is 11.3. The van der Waals surface area contributed by atoms with Gasteiger partial charge in [-0.15, -0.1) is 13.2 Å². The highest BCUT2D eigenvalue weighted by Crippen LogP contribution is 2.34. The van der Waals surface area contributed by atoms with E-state index in [1.54, 1.807) is 24.3 Å². The molecule has 0 saturated heterocycles. The molecule has 2 aromatic carbocycles. The van der Waals surface area contributed by atoms with E-state index < -0.39 is 6.36 Å². The lowest BCUT2D eigenvalue weighted by Gasteiger charge is -2.21. The van der Waals surface area contributed by atoms with Crippen LogP contribution in [0, 0.1) is 6.92 Å². The zero-order chi connectivity index (χ0) is 17.9. The molecule has 0 saturated carbocycles. The third-order valence-electron chi connectivity index (χ3n) is 3.17. The van der Waals surface area contributed by atoms with Crippen molar-refractivity contribution >= 4 is 17.3 Å². The molecular weight excluding hydrogens is 345 g/mol. The maximum Gasteiger partial charge on any atom is 0.573 e. The number of hydrazine groups is 1. The summed E-state index contributed by atoms with van der Waals surface area (Å²) in [4.78, 5) is 0. The quantitative estimate of drug-likeness (QED) is 0.632. The molecule has 0 radical (unpaired) electrons. The summed E-state index contributed by atoms with van der Waals surface area (Å²) in [6.07, 6.45) is -4.82. The SMILES string of the molecule is Cc1ccc(OCc2c(OC(F)(F)F)cccc2N(C)N)c(Cl)c1. The van der Waals surface area contributed by atoms with Gasteiger partial charge in [-0.25, -0.2) is 5.84 Å². The number of anilines is 1. The van der Waals surface area contributed by atoms with Crippen LogP contribution in [-0.2, 0) is 6.61 Å². The monoisotopic (exact) mass is 360 g/mol. The van der Waals surface area contributed by atoms with E-state index >= 15 is 0 Å². The molecule has 24 heavy (non-hydrogen) atoms. The van der Waals surface area contributed by atoms with E-state index in [-0.39, 0.29) is 17.9 Å². The van der Waals surface area contributed by atoms with Crippen molar-refractivity contribution < 1.29 is 22.6 Å². The number of aryl methyl sites for hydroxylation is 1. The van der Waals surface area contributed by atoms with E-state index in [9.17, 15) is 13.2 Å². The fourth-order valence-corrected chi connectivity index (χ4v) is 2.41. The lowest BCUT2D eigenvalue weighted by atomic mass is 10.1. The van der Waals surface area contributed by atoms with E-state index in [2.05, 4.69) is 4.74 Å². The molecular formula is C16H16ClF3N2O2. The Morgan fingerprint density at radius 2 is 1.88 bits per heavy atom. The molecule has 0 bridgehead atoms. The van der Waals surface area contributed by atoms with Gasteiger partial charge in [0.1, 0.15) is 18.1 Å². The Bertz CT molecular complexity index is 721. The molecule has 130 valence electrons. The number of halogens is 4. The van der Waals surface area contributed by atoms with E-state index in [4.69, 9.17) is 22.2 Å². The lowest BCUT2D eigenvalue weighted by Crippen LogP contribution is -2.27. The molecule has 2 rings (SSSR count). The number of rotatable bonds is 5. The van der Waals surface area contributed by atoms with Crippen molar-refractivity contribution in [3.63, 3.8) is 0 Å². The van der Waals surface area contributed by atoms with Crippen molar-refractivity contribution in [2.24, 2.45) is 5.84 Å². The molecule has 0 unspecified atom stereocenters. The predicted octanol–water partition coefficient (Wildman–Crippen LogP) is 4.44. The average Bonchev–Trinajstić information content (AvgIpc) is 2.45. The highest BCUT2D eigenvalue weighted by atomic mass is 35.5. The van der Waals surface area contributed by atoms with Gasteiger partial charge in [0.2, 0.25) is 0 Å². The van der Waals surface area contributed by atoms with Crippen molar-refractivity contribution in [3.05, 3.63) is 52.5 Å². The van der Waals surface area contributed by atoms with Crippen molar-refractivity contribution in [2.45, 2.75) is 19.9 Å². The molecule has 0 fully saturated rings. The largest absolute Gasteiger partial charge is 0.573 e. The number of benzene rings is 2. The standard InChI is InChI=1S/C16H16ClF3N2O2/c1-10-6-7-15(12(17)8-10)23-9-11-13(22(2)21)4-3-5-14(11)24-16(18,19)20/h3-8H,9,21H2,1-2H3. The minimum atomic E-state index is -4.82. The highest BCUT2D eigenvalue weighted by Gasteiger charge is 2.32. The van der Waals surface area contributed by atoms with Crippen LogP contribution < -0.4 is 20.3 Å². The van der Waals surface area contributed by atoms with Crippen LogP contribution in [0.3, 0.4) is 0 Å². The van der Waals surface area contributed by atoms with E-state index in [1.807, 2.05) is 6.92 Å². The highest BCUT2D eigenvalue weighted by molar-refractivity contribution is 6.32. The summed E-state index contributed by atoms with van der Waals surface area (Å²) in [5.74, 6) is 5.66. The van der Waals surface area contributed by atoms with E-state index in [0.29, 0.717) is 16.5 Å². The van der Waals surface area contributed by atoms with Crippen LogP contribution in [-0.4, -0.2) is 13.4 Å². The van der Waals surface area contributed by atoms with Crippen molar-refractivity contribution in [2.75, 3.05) is 12.1 Å². The number of nitrogens with zero attached hydrogens (tertiary/aromatic N) is 1. The summed E-state index contributed by atoms with van der Waals surface area (Å²) in [7, 11) is 1.51. The average molecular weight is 361 g/mol. The molecule has 0 aliphatic rings. The van der Waals surface area contributed by atoms with Gasteiger partial charge in [0.25, 0.3) is 0 Å². The van der Waals surface area contributed by atoms with Gasteiger partial charge in [-0.3, -0.25) is 0 Å². The van der Waals surface area contributed by atoms with Crippen molar-refractivity contribution in [1.82, 2.24) is 0 Å². The van der Waals surface area contributed by atoms with E-state index in [1.165, 1.54) is 24.2 Å².